The van der Waals surface area contributed by atoms with Crippen LogP contribution in [0.3, 0.4) is 0 Å². The Bertz CT molecular complexity index is 875. The lowest BCUT2D eigenvalue weighted by Gasteiger charge is -2.34. The lowest BCUT2D eigenvalue weighted by molar-refractivity contribution is -0.117. The van der Waals surface area contributed by atoms with E-state index < -0.39 is 10.0 Å². The molecule has 0 radical (unpaired) electrons. The Morgan fingerprint density at radius 1 is 1.13 bits per heavy atom. The molecule has 0 aromatic heterocycles. The summed E-state index contributed by atoms with van der Waals surface area (Å²) in [4.78, 5) is 12.6. The molecule has 1 heterocycles. The summed E-state index contributed by atoms with van der Waals surface area (Å²) < 4.78 is 33.1. The third-order valence-electron chi connectivity index (χ3n) is 6.58. The van der Waals surface area contributed by atoms with Crippen molar-refractivity contribution >= 4 is 22.0 Å². The van der Waals surface area contributed by atoms with E-state index in [1.54, 1.807) is 24.3 Å². The number of nitrogens with zero attached hydrogens (tertiary/aromatic N) is 1. The van der Waals surface area contributed by atoms with E-state index >= 15 is 0 Å². The van der Waals surface area contributed by atoms with Crippen LogP contribution in [-0.2, 0) is 14.8 Å². The average Bonchev–Trinajstić information content (AvgIpc) is 2.76. The highest BCUT2D eigenvalue weighted by molar-refractivity contribution is 7.89. The van der Waals surface area contributed by atoms with Crippen LogP contribution in [0.25, 0.3) is 6.08 Å². The number of hydrogen-bond donors (Lipinski definition) is 1. The van der Waals surface area contributed by atoms with E-state index in [1.165, 1.54) is 23.9 Å². The molecule has 1 aliphatic heterocycles. The summed E-state index contributed by atoms with van der Waals surface area (Å²) in [5.74, 6) is 1.25. The highest BCUT2D eigenvalue weighted by atomic mass is 32.2. The van der Waals surface area contributed by atoms with Gasteiger partial charge >= 0.3 is 0 Å². The Morgan fingerprint density at radius 3 is 2.57 bits per heavy atom. The number of carbonyl (C=O) groups is 1. The van der Waals surface area contributed by atoms with Crippen LogP contribution in [0.5, 0.6) is 5.75 Å². The van der Waals surface area contributed by atoms with Crippen LogP contribution in [0, 0.1) is 11.8 Å². The second-order valence-corrected chi connectivity index (χ2v) is 10.5. The maximum atomic E-state index is 13.1. The summed E-state index contributed by atoms with van der Waals surface area (Å²) in [5.41, 5.74) is 0.659. The minimum atomic E-state index is -3.63. The van der Waals surface area contributed by atoms with Crippen molar-refractivity contribution in [1.29, 1.82) is 0 Å². The molecule has 0 spiro atoms. The third kappa shape index (κ3) is 5.24. The number of hydrogen-bond acceptors (Lipinski definition) is 4. The number of methoxy groups -OCH3 is 1. The standard InChI is InChI=1S/C23H34N2O4S/c1-17-8-7-9-20(18(17)2)24-23(26)13-11-19-10-12-21(29-3)22(16-19)30(27,28)25-14-5-4-6-15-25/h10-13,16-18,20H,4-9,14-15H2,1-3H3,(H,24,26)/b13-11+. The number of ether oxygens (including phenoxy) is 1. The first-order valence-corrected chi connectivity index (χ1v) is 12.4. The molecular weight excluding hydrogens is 400 g/mol. The van der Waals surface area contributed by atoms with E-state index in [4.69, 9.17) is 4.74 Å². The topological polar surface area (TPSA) is 75.7 Å². The molecular formula is C23H34N2O4S. The van der Waals surface area contributed by atoms with E-state index in [0.29, 0.717) is 36.2 Å². The summed E-state index contributed by atoms with van der Waals surface area (Å²) in [5, 5.41) is 3.11. The zero-order valence-corrected chi connectivity index (χ0v) is 19.1. The first-order valence-electron chi connectivity index (χ1n) is 11.0. The number of nitrogens with one attached hydrogen (secondary N) is 1. The fourth-order valence-electron chi connectivity index (χ4n) is 4.43. The molecule has 30 heavy (non-hydrogen) atoms. The van der Waals surface area contributed by atoms with Crippen LogP contribution >= 0.6 is 0 Å². The summed E-state index contributed by atoms with van der Waals surface area (Å²) in [7, 11) is -2.16. The summed E-state index contributed by atoms with van der Waals surface area (Å²) >= 11 is 0. The van der Waals surface area contributed by atoms with Crippen molar-refractivity contribution in [3.63, 3.8) is 0 Å². The second-order valence-electron chi connectivity index (χ2n) is 8.59. The maximum absolute atomic E-state index is 13.1. The molecule has 2 aliphatic rings. The van der Waals surface area contributed by atoms with Crippen LogP contribution in [-0.4, -0.2) is 44.9 Å². The van der Waals surface area contributed by atoms with Gasteiger partial charge in [-0.05, 0) is 54.9 Å². The molecule has 1 saturated carbocycles. The normalized spacial score (nSPS) is 25.9. The average molecular weight is 435 g/mol. The van der Waals surface area contributed by atoms with Gasteiger partial charge in [0.05, 0.1) is 7.11 Å². The Morgan fingerprint density at radius 2 is 1.87 bits per heavy atom. The van der Waals surface area contributed by atoms with Gasteiger partial charge in [0.2, 0.25) is 15.9 Å². The number of carbonyl (C=O) groups excluding carboxylic acids is 1. The molecule has 1 aromatic rings. The minimum absolute atomic E-state index is 0.141. The van der Waals surface area contributed by atoms with E-state index in [1.807, 2.05) is 0 Å². The van der Waals surface area contributed by atoms with Gasteiger partial charge < -0.3 is 10.1 Å². The third-order valence-corrected chi connectivity index (χ3v) is 8.50. The monoisotopic (exact) mass is 434 g/mol. The minimum Gasteiger partial charge on any atom is -0.495 e. The smallest absolute Gasteiger partial charge is 0.246 e. The Balaban J connectivity index is 1.75. The van der Waals surface area contributed by atoms with Crippen molar-refractivity contribution in [2.24, 2.45) is 11.8 Å². The number of benzene rings is 1. The zero-order valence-electron chi connectivity index (χ0n) is 18.3. The highest BCUT2D eigenvalue weighted by Gasteiger charge is 2.29. The molecule has 7 heteroatoms. The number of rotatable bonds is 6. The van der Waals surface area contributed by atoms with Crippen LogP contribution in [0.1, 0.15) is 57.9 Å². The fraction of sp³-hybridized carbons (Fsp3) is 0.609. The van der Waals surface area contributed by atoms with Crippen LogP contribution in [0.15, 0.2) is 29.2 Å². The van der Waals surface area contributed by atoms with Crippen molar-refractivity contribution in [3.05, 3.63) is 29.8 Å². The molecule has 3 rings (SSSR count). The zero-order chi connectivity index (χ0) is 21.7. The van der Waals surface area contributed by atoms with Crippen LogP contribution in [0.4, 0.5) is 0 Å². The summed E-state index contributed by atoms with van der Waals surface area (Å²) in [6.07, 6.45) is 9.32. The first-order chi connectivity index (χ1) is 14.3. The molecule has 1 aliphatic carbocycles. The quantitative estimate of drug-likeness (QED) is 0.691. The summed E-state index contributed by atoms with van der Waals surface area (Å²) in [6.45, 7) is 5.50. The van der Waals surface area contributed by atoms with Gasteiger partial charge in [-0.1, -0.05) is 39.2 Å². The molecule has 166 valence electrons. The van der Waals surface area contributed by atoms with Gasteiger partial charge in [0, 0.05) is 25.2 Å². The van der Waals surface area contributed by atoms with Gasteiger partial charge in [0.25, 0.3) is 0 Å². The molecule has 1 N–H and O–H groups in total. The highest BCUT2D eigenvalue weighted by Crippen LogP contribution is 2.31. The first kappa shape index (κ1) is 22.8. The summed E-state index contributed by atoms with van der Waals surface area (Å²) in [6, 6.07) is 5.21. The number of amides is 1. The molecule has 1 aromatic carbocycles. The van der Waals surface area contributed by atoms with Crippen molar-refractivity contribution in [3.8, 4) is 5.75 Å². The molecule has 1 saturated heterocycles. The van der Waals surface area contributed by atoms with Gasteiger partial charge in [-0.15, -0.1) is 0 Å². The number of sulfonamides is 1. The molecule has 1 amide bonds. The maximum Gasteiger partial charge on any atom is 0.246 e. The van der Waals surface area contributed by atoms with Crippen LogP contribution < -0.4 is 10.1 Å². The molecule has 3 atom stereocenters. The SMILES string of the molecule is COc1ccc(/C=C/C(=O)NC2CCCC(C)C2C)cc1S(=O)(=O)N1CCCCC1. The predicted octanol–water partition coefficient (Wildman–Crippen LogP) is 3.82. The van der Waals surface area contributed by atoms with Gasteiger partial charge in [0.1, 0.15) is 10.6 Å². The Hall–Kier alpha value is -1.86. The van der Waals surface area contributed by atoms with Crippen molar-refractivity contribution in [2.45, 2.75) is 63.3 Å². The molecule has 6 nitrogen and oxygen atoms in total. The van der Waals surface area contributed by atoms with E-state index in [2.05, 4.69) is 19.2 Å². The van der Waals surface area contributed by atoms with E-state index in [9.17, 15) is 13.2 Å². The molecule has 3 unspecified atom stereocenters. The lowest BCUT2D eigenvalue weighted by atomic mass is 9.78. The number of piperidine rings is 1. The van der Waals surface area contributed by atoms with E-state index in [-0.39, 0.29) is 16.8 Å². The second kappa shape index (κ2) is 9.96. The van der Waals surface area contributed by atoms with Gasteiger partial charge in [-0.3, -0.25) is 4.79 Å². The Kier molecular flexibility index (Phi) is 7.58. The van der Waals surface area contributed by atoms with Gasteiger partial charge in [0.15, 0.2) is 0 Å². The van der Waals surface area contributed by atoms with Crippen molar-refractivity contribution < 1.29 is 17.9 Å². The lowest BCUT2D eigenvalue weighted by Crippen LogP contribution is -2.43. The predicted molar refractivity (Wildman–Crippen MR) is 119 cm³/mol. The van der Waals surface area contributed by atoms with E-state index in [0.717, 1.165) is 32.1 Å². The van der Waals surface area contributed by atoms with Crippen molar-refractivity contribution in [2.75, 3.05) is 20.2 Å². The Labute approximate surface area is 180 Å². The largest absolute Gasteiger partial charge is 0.495 e. The van der Waals surface area contributed by atoms with Crippen LogP contribution in [0.2, 0.25) is 0 Å². The van der Waals surface area contributed by atoms with Crippen molar-refractivity contribution in [1.82, 2.24) is 9.62 Å². The van der Waals surface area contributed by atoms with Gasteiger partial charge in [-0.25, -0.2) is 8.42 Å². The molecule has 0 bridgehead atoms. The molecule has 2 fully saturated rings. The fourth-order valence-corrected chi connectivity index (χ4v) is 6.14. The van der Waals surface area contributed by atoms with Gasteiger partial charge in [-0.2, -0.15) is 4.31 Å².